The molecule has 2 atom stereocenters. The monoisotopic (exact) mass is 1140 g/mol. The fraction of sp³-hybridized carbons (Fsp3) is 0.222. The summed E-state index contributed by atoms with van der Waals surface area (Å²) in [4.78, 5) is 89.9. The Hall–Kier alpha value is -10.6. The number of carbonyl (C=O) groups is 6. The summed E-state index contributed by atoms with van der Waals surface area (Å²) in [6.07, 6.45) is 3.07. The number of aryl methyl sites for hydroxylation is 1. The van der Waals surface area contributed by atoms with Gasteiger partial charge in [0.2, 0.25) is 11.8 Å². The molecule has 21 heteroatoms. The molecule has 7 aromatic rings. The Morgan fingerprint density at radius 1 is 0.595 bits per heavy atom. The van der Waals surface area contributed by atoms with Gasteiger partial charge in [-0.15, -0.1) is 0 Å². The van der Waals surface area contributed by atoms with Crippen LogP contribution < -0.4 is 67.9 Å². The largest absolute Gasteiger partial charge is 0.456 e. The lowest BCUT2D eigenvalue weighted by Crippen LogP contribution is -2.46. The van der Waals surface area contributed by atoms with Gasteiger partial charge in [0.15, 0.2) is 5.60 Å². The van der Waals surface area contributed by atoms with Crippen molar-refractivity contribution in [3.8, 4) is 28.7 Å². The maximum absolute atomic E-state index is 13.8. The standard InChI is InChI=1S/C46H44N8O9.C17H20O4/c1-27(47)49-23-21-37(53-44(58)60-31-11-5-3-6-12-31)41(55)51-29-17-19-35-39(25-29)62-40-26-30(18-20-36(40)46(35)34-16-10-9-15-33(34)43(57)63-46)52-42(56)38(22-24-50-28(2)48)54-45(59)61-32-13-7-4-8-14-32;1-3-4-5-6-7-16(18)20-13-8-9-14-12(2)10-17(19)21-15(14)11-13/h3-20,25-26,37-38,49-50H,1-2,21-24,47-48H2,(H,51,55)(H,52,56)(H,53,58)(H,54,59);8-11H,3-7H2,1-2H3. The third kappa shape index (κ3) is 15.2. The number of fused-ring (bicyclic) bond motifs is 7. The topological polar surface area (TPSA) is 303 Å². The molecule has 21 nitrogen and oxygen atoms in total. The van der Waals surface area contributed by atoms with Crippen LogP contribution in [0.25, 0.3) is 11.0 Å². The molecule has 1 aromatic heterocycles. The molecule has 2 unspecified atom stereocenters. The first-order chi connectivity index (χ1) is 40.5. The predicted molar refractivity (Wildman–Crippen MR) is 314 cm³/mol. The zero-order chi connectivity index (χ0) is 59.8. The summed E-state index contributed by atoms with van der Waals surface area (Å²) in [5.41, 5.74) is 13.1. The van der Waals surface area contributed by atoms with E-state index in [1.54, 1.807) is 140 Å². The minimum atomic E-state index is -1.48. The third-order valence-corrected chi connectivity index (χ3v) is 13.3. The van der Waals surface area contributed by atoms with Gasteiger partial charge in [-0.3, -0.25) is 14.4 Å². The van der Waals surface area contributed by atoms with Gasteiger partial charge in [-0.1, -0.05) is 93.9 Å². The van der Waals surface area contributed by atoms with Gasteiger partial charge >= 0.3 is 29.8 Å². The number of hydrogen-bond donors (Lipinski definition) is 8. The van der Waals surface area contributed by atoms with E-state index in [-0.39, 0.29) is 77.9 Å². The van der Waals surface area contributed by atoms with Crippen LogP contribution in [0, 0.1) is 6.92 Å². The second kappa shape index (κ2) is 27.7. The maximum atomic E-state index is 13.8. The molecular formula is C63H64N8O13. The summed E-state index contributed by atoms with van der Waals surface area (Å²) in [5, 5.41) is 17.4. The average molecular weight is 1140 g/mol. The number of nitrogens with one attached hydrogen (secondary N) is 6. The van der Waals surface area contributed by atoms with Crippen LogP contribution >= 0.6 is 0 Å². The number of nitrogens with two attached hydrogens (primary N) is 2. The highest BCUT2D eigenvalue weighted by Gasteiger charge is 2.53. The normalized spacial score (nSPS) is 14.0. The zero-order valence-electron chi connectivity index (χ0n) is 46.3. The quantitative estimate of drug-likeness (QED) is 0.0136. The highest BCUT2D eigenvalue weighted by molar-refractivity contribution is 6.00. The molecule has 0 aliphatic carbocycles. The van der Waals surface area contributed by atoms with E-state index < -0.39 is 53.3 Å². The molecule has 0 saturated carbocycles. The van der Waals surface area contributed by atoms with Crippen molar-refractivity contribution in [3.05, 3.63) is 209 Å². The number of ether oxygens (including phenoxy) is 5. The second-order valence-electron chi connectivity index (χ2n) is 19.6. The van der Waals surface area contributed by atoms with Crippen molar-refractivity contribution >= 4 is 58.3 Å². The van der Waals surface area contributed by atoms with Crippen LogP contribution in [-0.4, -0.2) is 61.1 Å². The molecule has 0 saturated heterocycles. The Kier molecular flexibility index (Phi) is 19.7. The first kappa shape index (κ1) is 59.5. The molecule has 84 heavy (non-hydrogen) atoms. The number of esters is 2. The smallest absolute Gasteiger partial charge is 0.413 e. The predicted octanol–water partition coefficient (Wildman–Crippen LogP) is 9.24. The maximum Gasteiger partial charge on any atom is 0.413 e. The van der Waals surface area contributed by atoms with Crippen molar-refractivity contribution in [2.45, 2.75) is 76.5 Å². The number of carbonyl (C=O) groups excluding carboxylic acids is 6. The van der Waals surface area contributed by atoms with Crippen LogP contribution in [0.4, 0.5) is 21.0 Å². The number of unbranched alkanes of at least 4 members (excludes halogenated alkanes) is 3. The van der Waals surface area contributed by atoms with Gasteiger partial charge in [0.1, 0.15) is 46.4 Å². The van der Waals surface area contributed by atoms with E-state index in [0.29, 0.717) is 40.0 Å². The van der Waals surface area contributed by atoms with Crippen LogP contribution in [0.3, 0.4) is 0 Å². The van der Waals surface area contributed by atoms with Crippen molar-refractivity contribution in [3.63, 3.8) is 0 Å². The van der Waals surface area contributed by atoms with Crippen molar-refractivity contribution < 1.29 is 56.9 Å². The van der Waals surface area contributed by atoms with Crippen LogP contribution in [0.5, 0.6) is 28.7 Å². The van der Waals surface area contributed by atoms with E-state index in [9.17, 15) is 33.6 Å². The Labute approximate surface area is 483 Å². The minimum absolute atomic E-state index is 0.106. The molecule has 0 bridgehead atoms. The lowest BCUT2D eigenvalue weighted by atomic mass is 9.77. The molecule has 2 aliphatic rings. The summed E-state index contributed by atoms with van der Waals surface area (Å²) in [5.74, 6) is -0.182. The molecule has 434 valence electrons. The Bertz CT molecular complexity index is 3500. The van der Waals surface area contributed by atoms with Crippen molar-refractivity contribution in [2.75, 3.05) is 23.7 Å². The summed E-state index contributed by atoms with van der Waals surface area (Å²) in [7, 11) is 0. The van der Waals surface area contributed by atoms with E-state index in [1.165, 1.54) is 6.07 Å². The van der Waals surface area contributed by atoms with Crippen LogP contribution in [0.1, 0.15) is 84.5 Å². The highest BCUT2D eigenvalue weighted by atomic mass is 16.6. The van der Waals surface area contributed by atoms with Crippen molar-refractivity contribution in [2.24, 2.45) is 11.5 Å². The van der Waals surface area contributed by atoms with Gasteiger partial charge in [-0.25, -0.2) is 19.2 Å². The summed E-state index contributed by atoms with van der Waals surface area (Å²) < 4.78 is 33.9. The van der Waals surface area contributed by atoms with Crippen LogP contribution in [0.2, 0.25) is 0 Å². The molecule has 0 fully saturated rings. The molecule has 1 spiro atoms. The van der Waals surface area contributed by atoms with Crippen molar-refractivity contribution in [1.29, 1.82) is 0 Å². The van der Waals surface area contributed by atoms with Crippen LogP contribution in [0.15, 0.2) is 180 Å². The van der Waals surface area contributed by atoms with E-state index in [1.807, 2.05) is 6.92 Å². The first-order valence-electron chi connectivity index (χ1n) is 27.1. The van der Waals surface area contributed by atoms with E-state index in [0.717, 1.165) is 36.6 Å². The zero-order valence-corrected chi connectivity index (χ0v) is 46.3. The first-order valence-corrected chi connectivity index (χ1v) is 27.1. The summed E-state index contributed by atoms with van der Waals surface area (Å²) in [6, 6.07) is 37.8. The summed E-state index contributed by atoms with van der Waals surface area (Å²) in [6.45, 7) is 11.6. The molecule has 6 aromatic carbocycles. The van der Waals surface area contributed by atoms with Gasteiger partial charge in [-0.2, -0.15) is 0 Å². The number of hydrogen-bond acceptors (Lipinski definition) is 17. The fourth-order valence-corrected chi connectivity index (χ4v) is 9.36. The van der Waals surface area contributed by atoms with E-state index >= 15 is 0 Å². The number of benzene rings is 6. The van der Waals surface area contributed by atoms with E-state index in [2.05, 4.69) is 52.0 Å². The second-order valence-corrected chi connectivity index (χ2v) is 19.6. The molecule has 2 aliphatic heterocycles. The lowest BCUT2D eigenvalue weighted by Gasteiger charge is -2.37. The molecule has 3 heterocycles. The van der Waals surface area contributed by atoms with Gasteiger partial charge in [-0.05, 0) is 98.5 Å². The molecule has 9 rings (SSSR count). The molecule has 10 N–H and O–H groups in total. The Balaban J connectivity index is 0.000000368. The molecular weight excluding hydrogens is 1080 g/mol. The van der Waals surface area contributed by atoms with E-state index in [4.69, 9.17) is 39.6 Å². The fourth-order valence-electron chi connectivity index (χ4n) is 9.36. The Morgan fingerprint density at radius 2 is 1.13 bits per heavy atom. The van der Waals surface area contributed by atoms with Gasteiger partial charge < -0.3 is 71.5 Å². The summed E-state index contributed by atoms with van der Waals surface area (Å²) >= 11 is 0. The number of rotatable bonds is 22. The number of amides is 4. The highest BCUT2D eigenvalue weighted by Crippen LogP contribution is 2.57. The van der Waals surface area contributed by atoms with Gasteiger partial charge in [0.05, 0.1) is 17.2 Å². The average Bonchev–Trinajstić information content (AvgIpc) is 1.45. The lowest BCUT2D eigenvalue weighted by molar-refractivity contribution is -0.134. The number of anilines is 2. The van der Waals surface area contributed by atoms with Crippen molar-refractivity contribution in [1.82, 2.24) is 21.3 Å². The van der Waals surface area contributed by atoms with Crippen LogP contribution in [-0.2, 0) is 24.7 Å². The van der Waals surface area contributed by atoms with Gasteiger partial charge in [0.25, 0.3) is 0 Å². The van der Waals surface area contributed by atoms with Gasteiger partial charge in [0, 0.05) is 77.2 Å². The molecule has 4 amide bonds. The minimum Gasteiger partial charge on any atom is -0.456 e. The SMILES string of the molecule is C=C(N)NCCC(NC(=O)Oc1ccccc1)C(=O)Nc1ccc2c(c1)Oc1cc(NC(=O)C(CCNC(=C)N)NC(=O)Oc3ccccc3)ccc1C21OC(=O)c2ccccc21.CCCCCCC(=O)Oc1ccc2c(C)cc(=O)oc2c1. The molecule has 0 radical (unpaired) electrons. The Morgan fingerprint density at radius 3 is 1.67 bits per heavy atom. The number of para-hydroxylation sites is 2. The third-order valence-electron chi connectivity index (χ3n) is 13.3.